The predicted molar refractivity (Wildman–Crippen MR) is 83.6 cm³/mol. The first-order valence-corrected chi connectivity index (χ1v) is 6.78. The van der Waals surface area contributed by atoms with E-state index in [1.54, 1.807) is 24.3 Å². The lowest BCUT2D eigenvalue weighted by atomic mass is 10.1. The van der Waals surface area contributed by atoms with Crippen molar-refractivity contribution >= 4 is 17.8 Å². The molecule has 1 N–H and O–H groups in total. The fraction of sp³-hybridized carbons (Fsp3) is 0.111. The van der Waals surface area contributed by atoms with E-state index in [2.05, 4.69) is 0 Å². The summed E-state index contributed by atoms with van der Waals surface area (Å²) >= 11 is 0. The molecule has 4 nitrogen and oxygen atoms in total. The number of hydrogen-bond acceptors (Lipinski definition) is 3. The lowest BCUT2D eigenvalue weighted by molar-refractivity contribution is -0.146. The summed E-state index contributed by atoms with van der Waals surface area (Å²) in [4.78, 5) is 21.4. The molecule has 22 heavy (non-hydrogen) atoms. The maximum Gasteiger partial charge on any atom is 0.376 e. The summed E-state index contributed by atoms with van der Waals surface area (Å²) in [7, 11) is 0. The summed E-state index contributed by atoms with van der Waals surface area (Å²) in [5.74, 6) is -1.70. The SMILES string of the molecule is Cc1ccc(COc2ccc(/C=C/C(=O)C(=O)O)cc2)cc1. The number of hydrogen-bond donors (Lipinski definition) is 1. The third-order valence-corrected chi connectivity index (χ3v) is 3.04. The van der Waals surface area contributed by atoms with Gasteiger partial charge in [-0.25, -0.2) is 4.79 Å². The molecule has 0 aliphatic rings. The number of carbonyl (C=O) groups is 2. The molecule has 0 saturated carbocycles. The van der Waals surface area contributed by atoms with E-state index in [1.807, 2.05) is 31.2 Å². The van der Waals surface area contributed by atoms with E-state index in [0.29, 0.717) is 12.4 Å². The van der Waals surface area contributed by atoms with Crippen LogP contribution >= 0.6 is 0 Å². The van der Waals surface area contributed by atoms with Crippen LogP contribution in [-0.2, 0) is 16.2 Å². The summed E-state index contributed by atoms with van der Waals surface area (Å²) in [6.45, 7) is 2.51. The fourth-order valence-electron chi connectivity index (χ4n) is 1.77. The Bertz CT molecular complexity index is 682. The van der Waals surface area contributed by atoms with Crippen molar-refractivity contribution in [3.05, 3.63) is 71.3 Å². The number of aryl methyl sites for hydroxylation is 1. The second-order valence-electron chi connectivity index (χ2n) is 4.85. The summed E-state index contributed by atoms with van der Waals surface area (Å²) in [5.41, 5.74) is 3.02. The summed E-state index contributed by atoms with van der Waals surface area (Å²) in [5, 5.41) is 8.48. The van der Waals surface area contributed by atoms with Crippen LogP contribution in [0.1, 0.15) is 16.7 Å². The first-order valence-electron chi connectivity index (χ1n) is 6.78. The lowest BCUT2D eigenvalue weighted by Gasteiger charge is -2.06. The van der Waals surface area contributed by atoms with Gasteiger partial charge in [0.15, 0.2) is 0 Å². The Morgan fingerprint density at radius 2 is 1.68 bits per heavy atom. The quantitative estimate of drug-likeness (QED) is 0.656. The molecule has 0 radical (unpaired) electrons. The lowest BCUT2D eigenvalue weighted by Crippen LogP contribution is -2.08. The van der Waals surface area contributed by atoms with Crippen LogP contribution in [0.3, 0.4) is 0 Å². The maximum atomic E-state index is 11.0. The van der Waals surface area contributed by atoms with Crippen LogP contribution in [-0.4, -0.2) is 16.9 Å². The molecular formula is C18H16O4. The van der Waals surface area contributed by atoms with Gasteiger partial charge in [0, 0.05) is 0 Å². The minimum absolute atomic E-state index is 0.479. The average molecular weight is 296 g/mol. The van der Waals surface area contributed by atoms with Crippen molar-refractivity contribution in [2.45, 2.75) is 13.5 Å². The summed E-state index contributed by atoms with van der Waals surface area (Å²) in [6.07, 6.45) is 2.49. The Morgan fingerprint density at radius 1 is 1.05 bits per heavy atom. The van der Waals surface area contributed by atoms with Gasteiger partial charge in [0.1, 0.15) is 12.4 Å². The number of ether oxygens (including phenoxy) is 1. The average Bonchev–Trinajstić information content (AvgIpc) is 2.53. The predicted octanol–water partition coefficient (Wildman–Crippen LogP) is 3.24. The molecular weight excluding hydrogens is 280 g/mol. The molecule has 4 heteroatoms. The second-order valence-corrected chi connectivity index (χ2v) is 4.85. The van der Waals surface area contributed by atoms with E-state index in [4.69, 9.17) is 9.84 Å². The van der Waals surface area contributed by atoms with Gasteiger partial charge in [0.25, 0.3) is 5.78 Å². The molecule has 2 rings (SSSR count). The third-order valence-electron chi connectivity index (χ3n) is 3.04. The largest absolute Gasteiger partial charge is 0.489 e. The Labute approximate surface area is 128 Å². The van der Waals surface area contributed by atoms with Crippen LogP contribution in [0.4, 0.5) is 0 Å². The normalized spacial score (nSPS) is 10.6. The van der Waals surface area contributed by atoms with E-state index < -0.39 is 11.8 Å². The summed E-state index contributed by atoms with van der Waals surface area (Å²) < 4.78 is 5.67. The van der Waals surface area contributed by atoms with Crippen molar-refractivity contribution in [2.75, 3.05) is 0 Å². The van der Waals surface area contributed by atoms with E-state index in [9.17, 15) is 9.59 Å². The number of ketones is 1. The van der Waals surface area contributed by atoms with Gasteiger partial charge in [0.05, 0.1) is 0 Å². The molecule has 2 aromatic carbocycles. The van der Waals surface area contributed by atoms with E-state index in [-0.39, 0.29) is 0 Å². The highest BCUT2D eigenvalue weighted by Crippen LogP contribution is 2.15. The van der Waals surface area contributed by atoms with Crippen LogP contribution < -0.4 is 4.74 Å². The van der Waals surface area contributed by atoms with E-state index in [0.717, 1.165) is 17.2 Å². The number of carboxylic acid groups (broad SMARTS) is 1. The molecule has 0 bridgehead atoms. The molecule has 0 saturated heterocycles. The molecule has 0 aliphatic heterocycles. The highest BCUT2D eigenvalue weighted by Gasteiger charge is 2.05. The first-order chi connectivity index (χ1) is 10.5. The molecule has 2 aromatic rings. The second kappa shape index (κ2) is 7.22. The number of rotatable bonds is 6. The van der Waals surface area contributed by atoms with Gasteiger partial charge in [-0.3, -0.25) is 4.79 Å². The van der Waals surface area contributed by atoms with E-state index >= 15 is 0 Å². The number of benzene rings is 2. The van der Waals surface area contributed by atoms with Gasteiger partial charge >= 0.3 is 5.97 Å². The summed E-state index contributed by atoms with van der Waals surface area (Å²) in [6, 6.07) is 15.2. The molecule has 0 fully saturated rings. The molecule has 0 unspecified atom stereocenters. The Kier molecular flexibility index (Phi) is 5.09. The van der Waals surface area contributed by atoms with Crippen LogP contribution in [0.15, 0.2) is 54.6 Å². The standard InChI is InChI=1S/C18H16O4/c1-13-2-4-15(5-3-13)12-22-16-9-6-14(7-10-16)8-11-17(19)18(20)21/h2-11H,12H2,1H3,(H,20,21)/b11-8+. The smallest absolute Gasteiger partial charge is 0.376 e. The fourth-order valence-corrected chi connectivity index (χ4v) is 1.77. The molecule has 0 aromatic heterocycles. The molecule has 0 heterocycles. The van der Waals surface area contributed by atoms with Crippen molar-refractivity contribution < 1.29 is 19.4 Å². The van der Waals surface area contributed by atoms with Crippen molar-refractivity contribution in [3.63, 3.8) is 0 Å². The van der Waals surface area contributed by atoms with Gasteiger partial charge in [-0.2, -0.15) is 0 Å². The minimum atomic E-state index is -1.46. The highest BCUT2D eigenvalue weighted by atomic mass is 16.5. The zero-order chi connectivity index (χ0) is 15.9. The number of carbonyl (C=O) groups excluding carboxylic acids is 1. The van der Waals surface area contributed by atoms with Crippen LogP contribution in [0, 0.1) is 6.92 Å². The van der Waals surface area contributed by atoms with Crippen LogP contribution in [0.2, 0.25) is 0 Å². The van der Waals surface area contributed by atoms with Crippen LogP contribution in [0.5, 0.6) is 5.75 Å². The van der Waals surface area contributed by atoms with Crippen LogP contribution in [0.25, 0.3) is 6.08 Å². The highest BCUT2D eigenvalue weighted by molar-refractivity contribution is 6.38. The van der Waals surface area contributed by atoms with Gasteiger partial charge in [-0.05, 0) is 36.3 Å². The molecule has 0 spiro atoms. The van der Waals surface area contributed by atoms with Crippen molar-refractivity contribution in [3.8, 4) is 5.75 Å². The zero-order valence-electron chi connectivity index (χ0n) is 12.2. The third kappa shape index (κ3) is 4.59. The topological polar surface area (TPSA) is 63.6 Å². The monoisotopic (exact) mass is 296 g/mol. The molecule has 112 valence electrons. The maximum absolute atomic E-state index is 11.0. The van der Waals surface area contributed by atoms with Gasteiger partial charge in [0.2, 0.25) is 0 Å². The number of aliphatic carboxylic acids is 1. The Hall–Kier alpha value is -2.88. The minimum Gasteiger partial charge on any atom is -0.489 e. The molecule has 0 atom stereocenters. The van der Waals surface area contributed by atoms with Gasteiger partial charge in [-0.1, -0.05) is 48.0 Å². The van der Waals surface area contributed by atoms with Gasteiger partial charge in [-0.15, -0.1) is 0 Å². The molecule has 0 aliphatic carbocycles. The Morgan fingerprint density at radius 3 is 2.27 bits per heavy atom. The number of carboxylic acids is 1. The Balaban J connectivity index is 1.93. The first kappa shape index (κ1) is 15.5. The van der Waals surface area contributed by atoms with Gasteiger partial charge < -0.3 is 9.84 Å². The van der Waals surface area contributed by atoms with Crippen molar-refractivity contribution in [1.29, 1.82) is 0 Å². The zero-order valence-corrected chi connectivity index (χ0v) is 12.2. The molecule has 0 amide bonds. The van der Waals surface area contributed by atoms with Crippen molar-refractivity contribution in [1.82, 2.24) is 0 Å². The van der Waals surface area contributed by atoms with Crippen molar-refractivity contribution in [2.24, 2.45) is 0 Å². The van der Waals surface area contributed by atoms with E-state index in [1.165, 1.54) is 11.6 Å².